The highest BCUT2D eigenvalue weighted by molar-refractivity contribution is 5.75. The van der Waals surface area contributed by atoms with Crippen molar-refractivity contribution in [1.82, 2.24) is 9.55 Å². The fourth-order valence-corrected chi connectivity index (χ4v) is 1.50. The second kappa shape index (κ2) is 4.61. The highest BCUT2D eigenvalue weighted by Gasteiger charge is 2.14. The highest BCUT2D eigenvalue weighted by Crippen LogP contribution is 2.18. The van der Waals surface area contributed by atoms with Gasteiger partial charge in [0.25, 0.3) is 5.70 Å². The van der Waals surface area contributed by atoms with Crippen LogP contribution in [0, 0.1) is 10.1 Å². The van der Waals surface area contributed by atoms with E-state index in [0.29, 0.717) is 11.3 Å². The summed E-state index contributed by atoms with van der Waals surface area (Å²) in [4.78, 5) is 14.6. The number of imidazole rings is 1. The topological polar surface area (TPSA) is 61.0 Å². The number of hydrogen-bond acceptors (Lipinski definition) is 3. The van der Waals surface area contributed by atoms with Crippen LogP contribution in [0.15, 0.2) is 42.9 Å². The summed E-state index contributed by atoms with van der Waals surface area (Å²) in [5.41, 5.74) is 1.34. The van der Waals surface area contributed by atoms with Gasteiger partial charge in [-0.15, -0.1) is 0 Å². The van der Waals surface area contributed by atoms with E-state index in [1.165, 1.54) is 6.08 Å². The van der Waals surface area contributed by atoms with Crippen LogP contribution < -0.4 is 0 Å². The van der Waals surface area contributed by atoms with Gasteiger partial charge in [-0.3, -0.25) is 10.1 Å². The van der Waals surface area contributed by atoms with Crippen molar-refractivity contribution in [1.29, 1.82) is 0 Å². The van der Waals surface area contributed by atoms with Crippen LogP contribution in [-0.4, -0.2) is 14.5 Å². The van der Waals surface area contributed by atoms with Gasteiger partial charge >= 0.3 is 0 Å². The third-order valence-electron chi connectivity index (χ3n) is 2.40. The minimum absolute atomic E-state index is 0.0641. The Kier molecular flexibility index (Phi) is 3.00. The van der Waals surface area contributed by atoms with Crippen molar-refractivity contribution in [2.75, 3.05) is 0 Å². The molecule has 0 atom stereocenters. The minimum Gasteiger partial charge on any atom is -0.334 e. The molecule has 5 heteroatoms. The van der Waals surface area contributed by atoms with Gasteiger partial charge in [-0.1, -0.05) is 18.2 Å². The molecule has 0 aliphatic heterocycles. The Morgan fingerprint density at radius 2 is 2.12 bits per heavy atom. The smallest absolute Gasteiger partial charge is 0.278 e. The van der Waals surface area contributed by atoms with E-state index in [1.54, 1.807) is 48.4 Å². The summed E-state index contributed by atoms with van der Waals surface area (Å²) in [6.45, 7) is 0. The average molecular weight is 229 g/mol. The zero-order chi connectivity index (χ0) is 12.3. The monoisotopic (exact) mass is 229 g/mol. The summed E-state index contributed by atoms with van der Waals surface area (Å²) in [7, 11) is 1.79. The van der Waals surface area contributed by atoms with Gasteiger partial charge in [0, 0.05) is 13.1 Å². The van der Waals surface area contributed by atoms with Crippen LogP contribution in [-0.2, 0) is 7.05 Å². The van der Waals surface area contributed by atoms with Crippen molar-refractivity contribution >= 4 is 11.8 Å². The summed E-state index contributed by atoms with van der Waals surface area (Å²) in [5.74, 6) is 0. The van der Waals surface area contributed by atoms with Crippen LogP contribution in [0.4, 0.5) is 0 Å². The number of nitro groups is 1. The summed E-state index contributed by atoms with van der Waals surface area (Å²) in [5, 5.41) is 11.0. The molecule has 0 radical (unpaired) electrons. The SMILES string of the molecule is Cn1cncc1C=C(c1ccccc1)[N+](=O)[O-]. The molecule has 1 heterocycles. The van der Waals surface area contributed by atoms with Crippen molar-refractivity contribution in [2.24, 2.45) is 7.05 Å². The van der Waals surface area contributed by atoms with Crippen LogP contribution in [0.1, 0.15) is 11.3 Å². The summed E-state index contributed by atoms with van der Waals surface area (Å²) in [6, 6.07) is 8.80. The number of hydrogen-bond donors (Lipinski definition) is 0. The molecule has 2 rings (SSSR count). The predicted molar refractivity (Wildman–Crippen MR) is 64.5 cm³/mol. The molecule has 1 aromatic carbocycles. The fraction of sp³-hybridized carbons (Fsp3) is 0.0833. The Labute approximate surface area is 98.2 Å². The first-order valence-electron chi connectivity index (χ1n) is 5.06. The molecule has 17 heavy (non-hydrogen) atoms. The Bertz CT molecular complexity index is 558. The molecule has 86 valence electrons. The first-order valence-corrected chi connectivity index (χ1v) is 5.06. The lowest BCUT2D eigenvalue weighted by atomic mass is 10.1. The van der Waals surface area contributed by atoms with Gasteiger partial charge in [-0.05, 0) is 12.1 Å². The van der Waals surface area contributed by atoms with Crippen molar-refractivity contribution in [3.8, 4) is 0 Å². The van der Waals surface area contributed by atoms with Gasteiger partial charge in [0.1, 0.15) is 0 Å². The number of aromatic nitrogens is 2. The highest BCUT2D eigenvalue weighted by atomic mass is 16.6. The van der Waals surface area contributed by atoms with Gasteiger partial charge in [0.2, 0.25) is 0 Å². The molecule has 0 amide bonds. The Hall–Kier alpha value is -2.43. The summed E-state index contributed by atoms with van der Waals surface area (Å²) in [6.07, 6.45) is 4.71. The largest absolute Gasteiger partial charge is 0.334 e. The van der Waals surface area contributed by atoms with E-state index in [1.807, 2.05) is 6.07 Å². The van der Waals surface area contributed by atoms with E-state index in [0.717, 1.165) is 0 Å². The zero-order valence-corrected chi connectivity index (χ0v) is 9.28. The Balaban J connectivity index is 2.47. The number of nitrogens with zero attached hydrogens (tertiary/aromatic N) is 3. The number of benzene rings is 1. The van der Waals surface area contributed by atoms with E-state index >= 15 is 0 Å². The van der Waals surface area contributed by atoms with Crippen LogP contribution in [0.5, 0.6) is 0 Å². The minimum atomic E-state index is -0.387. The molecular formula is C12H11N3O2. The van der Waals surface area contributed by atoms with Crippen molar-refractivity contribution < 1.29 is 4.92 Å². The number of aryl methyl sites for hydroxylation is 1. The molecule has 5 nitrogen and oxygen atoms in total. The average Bonchev–Trinajstić information content (AvgIpc) is 2.72. The predicted octanol–water partition coefficient (Wildman–Crippen LogP) is 2.19. The first-order chi connectivity index (χ1) is 8.18. The van der Waals surface area contributed by atoms with E-state index in [4.69, 9.17) is 0 Å². The molecule has 2 aromatic rings. The van der Waals surface area contributed by atoms with Crippen LogP contribution in [0.3, 0.4) is 0 Å². The maximum atomic E-state index is 11.0. The van der Waals surface area contributed by atoms with Crippen molar-refractivity contribution in [3.05, 3.63) is 64.2 Å². The van der Waals surface area contributed by atoms with Gasteiger partial charge in [-0.2, -0.15) is 0 Å². The lowest BCUT2D eigenvalue weighted by molar-refractivity contribution is -0.374. The molecule has 0 aliphatic rings. The maximum absolute atomic E-state index is 11.0. The van der Waals surface area contributed by atoms with Crippen molar-refractivity contribution in [2.45, 2.75) is 0 Å². The van der Waals surface area contributed by atoms with E-state index in [-0.39, 0.29) is 10.6 Å². The molecule has 0 unspecified atom stereocenters. The van der Waals surface area contributed by atoms with Gasteiger partial charge in [0.15, 0.2) is 0 Å². The van der Waals surface area contributed by atoms with Crippen molar-refractivity contribution in [3.63, 3.8) is 0 Å². The Morgan fingerprint density at radius 1 is 1.41 bits per heavy atom. The lowest BCUT2D eigenvalue weighted by Gasteiger charge is -1.99. The van der Waals surface area contributed by atoms with E-state index in [9.17, 15) is 10.1 Å². The molecule has 0 spiro atoms. The molecule has 0 bridgehead atoms. The quantitative estimate of drug-likeness (QED) is 0.598. The summed E-state index contributed by atoms with van der Waals surface area (Å²) >= 11 is 0. The molecular weight excluding hydrogens is 218 g/mol. The Morgan fingerprint density at radius 3 is 2.65 bits per heavy atom. The normalized spacial score (nSPS) is 11.5. The second-order valence-corrected chi connectivity index (χ2v) is 3.58. The standard InChI is InChI=1S/C12H11N3O2/c1-14-9-13-8-11(14)7-12(15(16)17)10-5-3-2-4-6-10/h2-9H,1H3. The molecule has 0 saturated heterocycles. The second-order valence-electron chi connectivity index (χ2n) is 3.58. The third kappa shape index (κ3) is 2.39. The third-order valence-corrected chi connectivity index (χ3v) is 2.40. The molecule has 0 aliphatic carbocycles. The molecule has 1 aromatic heterocycles. The zero-order valence-electron chi connectivity index (χ0n) is 9.28. The fourth-order valence-electron chi connectivity index (χ4n) is 1.50. The maximum Gasteiger partial charge on any atom is 0.278 e. The molecule has 0 N–H and O–H groups in total. The van der Waals surface area contributed by atoms with Crippen LogP contribution in [0.2, 0.25) is 0 Å². The summed E-state index contributed by atoms with van der Waals surface area (Å²) < 4.78 is 1.73. The van der Waals surface area contributed by atoms with Crippen LogP contribution >= 0.6 is 0 Å². The first kappa shape index (κ1) is 11.1. The van der Waals surface area contributed by atoms with Gasteiger partial charge in [-0.25, -0.2) is 4.98 Å². The molecule has 0 saturated carbocycles. The van der Waals surface area contributed by atoms with Gasteiger partial charge in [0.05, 0.1) is 28.7 Å². The van der Waals surface area contributed by atoms with E-state index in [2.05, 4.69) is 4.98 Å². The lowest BCUT2D eigenvalue weighted by Crippen LogP contribution is -1.99. The molecule has 0 fully saturated rings. The van der Waals surface area contributed by atoms with E-state index < -0.39 is 0 Å². The van der Waals surface area contributed by atoms with Crippen LogP contribution in [0.25, 0.3) is 11.8 Å². The van der Waals surface area contributed by atoms with Gasteiger partial charge < -0.3 is 4.57 Å². The number of rotatable bonds is 3.